The van der Waals surface area contributed by atoms with Gasteiger partial charge in [0.25, 0.3) is 5.91 Å². The number of hydrogen-bond acceptors (Lipinski definition) is 5. The van der Waals surface area contributed by atoms with Crippen molar-refractivity contribution in [2.45, 2.75) is 38.5 Å². The van der Waals surface area contributed by atoms with Gasteiger partial charge in [-0.1, -0.05) is 41.1 Å². The molecule has 0 radical (unpaired) electrons. The third kappa shape index (κ3) is 6.11. The van der Waals surface area contributed by atoms with E-state index in [1.54, 1.807) is 30.3 Å². The number of anilines is 1. The van der Waals surface area contributed by atoms with Crippen LogP contribution in [0.15, 0.2) is 52.1 Å². The fourth-order valence-corrected chi connectivity index (χ4v) is 4.28. The summed E-state index contributed by atoms with van der Waals surface area (Å²) < 4.78 is 2.61. The van der Waals surface area contributed by atoms with Gasteiger partial charge in [0.15, 0.2) is 11.0 Å². The average molecular weight is 537 g/mol. The van der Waals surface area contributed by atoms with Crippen molar-refractivity contribution in [1.82, 2.24) is 20.1 Å². The second kappa shape index (κ2) is 11.0. The summed E-state index contributed by atoms with van der Waals surface area (Å²) in [5.74, 6) is 0.461. The maximum Gasteiger partial charge on any atom is 0.251 e. The molecule has 3 rings (SSSR count). The number of carbonyl (C=O) groups is 2. The molecule has 0 saturated carbocycles. The summed E-state index contributed by atoms with van der Waals surface area (Å²) in [5.41, 5.74) is 2.33. The van der Waals surface area contributed by atoms with E-state index in [0.717, 1.165) is 5.56 Å². The molecule has 0 aliphatic carbocycles. The summed E-state index contributed by atoms with van der Waals surface area (Å²) in [6.45, 7) is 6.42. The van der Waals surface area contributed by atoms with Gasteiger partial charge in [0.05, 0.1) is 16.8 Å². The van der Waals surface area contributed by atoms with E-state index in [1.807, 2.05) is 37.5 Å². The second-order valence-electron chi connectivity index (χ2n) is 7.11. The topological polar surface area (TPSA) is 88.9 Å². The van der Waals surface area contributed by atoms with Crippen LogP contribution in [0.25, 0.3) is 0 Å². The highest BCUT2D eigenvalue weighted by Gasteiger charge is 2.20. The molecule has 168 valence electrons. The van der Waals surface area contributed by atoms with Crippen molar-refractivity contribution < 1.29 is 9.59 Å². The number of amides is 2. The predicted octanol–water partition coefficient (Wildman–Crippen LogP) is 5.24. The third-order valence-corrected chi connectivity index (χ3v) is 6.83. The maximum absolute atomic E-state index is 12.5. The highest BCUT2D eigenvalue weighted by atomic mass is 79.9. The zero-order valence-electron chi connectivity index (χ0n) is 17.9. The minimum Gasteiger partial charge on any atom is -0.342 e. The molecule has 0 fully saturated rings. The van der Waals surface area contributed by atoms with E-state index in [0.29, 0.717) is 38.3 Å². The number of halogens is 2. The van der Waals surface area contributed by atoms with Gasteiger partial charge in [-0.25, -0.2) is 0 Å². The number of aromatic nitrogens is 3. The fraction of sp³-hybridized carbons (Fsp3) is 0.273. The number of hydrogen-bond donors (Lipinski definition) is 2. The van der Waals surface area contributed by atoms with Gasteiger partial charge in [0.2, 0.25) is 5.91 Å². The first-order chi connectivity index (χ1) is 15.3. The van der Waals surface area contributed by atoms with Crippen LogP contribution >= 0.6 is 39.3 Å². The van der Waals surface area contributed by atoms with Gasteiger partial charge in [-0.3, -0.25) is 9.59 Å². The molecule has 0 aliphatic rings. The summed E-state index contributed by atoms with van der Waals surface area (Å²) in [7, 11) is 0. The molecule has 1 aromatic heterocycles. The van der Waals surface area contributed by atoms with E-state index in [2.05, 4.69) is 36.8 Å². The van der Waals surface area contributed by atoms with Crippen LogP contribution in [0.2, 0.25) is 5.02 Å². The van der Waals surface area contributed by atoms with Gasteiger partial charge < -0.3 is 15.2 Å². The summed E-state index contributed by atoms with van der Waals surface area (Å²) in [4.78, 5) is 24.9. The Morgan fingerprint density at radius 3 is 2.56 bits per heavy atom. The maximum atomic E-state index is 12.5. The SMILES string of the molecule is CCn1c(SCC(=O)Nc2ccc(Cl)c(Br)c2)nnc1[C@@H](C)NC(=O)c1ccc(C)cc1. The van der Waals surface area contributed by atoms with Crippen LogP contribution in [0.5, 0.6) is 0 Å². The molecule has 10 heteroatoms. The number of aryl methyl sites for hydroxylation is 1. The van der Waals surface area contributed by atoms with E-state index >= 15 is 0 Å². The molecule has 3 aromatic rings. The molecule has 0 bridgehead atoms. The zero-order chi connectivity index (χ0) is 23.3. The predicted molar refractivity (Wildman–Crippen MR) is 131 cm³/mol. The second-order valence-corrected chi connectivity index (χ2v) is 9.32. The lowest BCUT2D eigenvalue weighted by Crippen LogP contribution is -2.28. The Hall–Kier alpha value is -2.36. The van der Waals surface area contributed by atoms with Crippen LogP contribution in [0.4, 0.5) is 5.69 Å². The lowest BCUT2D eigenvalue weighted by molar-refractivity contribution is -0.113. The van der Waals surface area contributed by atoms with E-state index in [4.69, 9.17) is 11.6 Å². The van der Waals surface area contributed by atoms with Crippen molar-refractivity contribution in [3.05, 3.63) is 68.9 Å². The zero-order valence-corrected chi connectivity index (χ0v) is 21.0. The molecule has 0 saturated heterocycles. The summed E-state index contributed by atoms with van der Waals surface area (Å²) in [6, 6.07) is 12.2. The van der Waals surface area contributed by atoms with Crippen LogP contribution < -0.4 is 10.6 Å². The summed E-state index contributed by atoms with van der Waals surface area (Å²) in [6.07, 6.45) is 0. The first kappa shape index (κ1) is 24.3. The van der Waals surface area contributed by atoms with Gasteiger partial charge in [-0.15, -0.1) is 10.2 Å². The Kier molecular flexibility index (Phi) is 8.33. The van der Waals surface area contributed by atoms with Crippen LogP contribution in [-0.2, 0) is 11.3 Å². The van der Waals surface area contributed by atoms with Crippen molar-refractivity contribution in [3.63, 3.8) is 0 Å². The smallest absolute Gasteiger partial charge is 0.251 e. The molecular weight excluding hydrogens is 514 g/mol. The van der Waals surface area contributed by atoms with Gasteiger partial charge >= 0.3 is 0 Å². The molecule has 32 heavy (non-hydrogen) atoms. The lowest BCUT2D eigenvalue weighted by Gasteiger charge is -2.15. The van der Waals surface area contributed by atoms with Gasteiger partial charge in [-0.05, 0) is 67.0 Å². The largest absolute Gasteiger partial charge is 0.342 e. The number of carbonyl (C=O) groups excluding carboxylic acids is 2. The monoisotopic (exact) mass is 535 g/mol. The third-order valence-electron chi connectivity index (χ3n) is 4.65. The molecule has 2 amide bonds. The fourth-order valence-electron chi connectivity index (χ4n) is 2.97. The van der Waals surface area contributed by atoms with Crippen LogP contribution in [0.3, 0.4) is 0 Å². The molecule has 7 nitrogen and oxygen atoms in total. The number of nitrogens with zero attached hydrogens (tertiary/aromatic N) is 3. The van der Waals surface area contributed by atoms with Gasteiger partial charge in [0.1, 0.15) is 0 Å². The van der Waals surface area contributed by atoms with Crippen LogP contribution in [0, 0.1) is 6.92 Å². The molecular formula is C22H23BrClN5O2S. The van der Waals surface area contributed by atoms with Crippen molar-refractivity contribution in [2.75, 3.05) is 11.1 Å². The van der Waals surface area contributed by atoms with Crippen LogP contribution in [0.1, 0.15) is 41.6 Å². The van der Waals surface area contributed by atoms with Crippen molar-refractivity contribution in [2.24, 2.45) is 0 Å². The van der Waals surface area contributed by atoms with Crippen LogP contribution in [-0.4, -0.2) is 32.3 Å². The van der Waals surface area contributed by atoms with Gasteiger partial charge in [-0.2, -0.15) is 0 Å². The normalized spacial score (nSPS) is 11.8. The minimum absolute atomic E-state index is 0.169. The quantitative estimate of drug-likeness (QED) is 0.384. The van der Waals surface area contributed by atoms with E-state index in [-0.39, 0.29) is 23.6 Å². The van der Waals surface area contributed by atoms with Crippen molar-refractivity contribution >= 4 is 56.8 Å². The highest BCUT2D eigenvalue weighted by Crippen LogP contribution is 2.26. The van der Waals surface area contributed by atoms with Gasteiger partial charge in [0, 0.05) is 22.3 Å². The molecule has 0 unspecified atom stereocenters. The number of nitrogens with one attached hydrogen (secondary N) is 2. The lowest BCUT2D eigenvalue weighted by atomic mass is 10.1. The number of rotatable bonds is 8. The summed E-state index contributed by atoms with van der Waals surface area (Å²) >= 11 is 10.6. The molecule has 2 aromatic carbocycles. The standard InChI is InChI=1S/C22H23BrClN5O2S/c1-4-29-20(14(3)25-21(31)15-7-5-13(2)6-8-15)27-28-22(29)32-12-19(30)26-16-9-10-18(24)17(23)11-16/h5-11,14H,4,12H2,1-3H3,(H,25,31)(H,26,30)/t14-/m1/s1. The van der Waals surface area contributed by atoms with E-state index in [1.165, 1.54) is 11.8 Å². The van der Waals surface area contributed by atoms with Crippen molar-refractivity contribution in [3.8, 4) is 0 Å². The van der Waals surface area contributed by atoms with Crippen molar-refractivity contribution in [1.29, 1.82) is 0 Å². The first-order valence-electron chi connectivity index (χ1n) is 9.96. The number of thioether (sulfide) groups is 1. The molecule has 2 N–H and O–H groups in total. The van der Waals surface area contributed by atoms with E-state index < -0.39 is 0 Å². The van der Waals surface area contributed by atoms with E-state index in [9.17, 15) is 9.59 Å². The Morgan fingerprint density at radius 1 is 1.19 bits per heavy atom. The Labute approximate surface area is 204 Å². The Balaban J connectivity index is 1.62. The first-order valence-corrected chi connectivity index (χ1v) is 12.1. The average Bonchev–Trinajstić information content (AvgIpc) is 3.18. The number of benzene rings is 2. The molecule has 1 heterocycles. The summed E-state index contributed by atoms with van der Waals surface area (Å²) in [5, 5.41) is 15.5. The molecule has 0 spiro atoms. The minimum atomic E-state index is -0.342. The highest BCUT2D eigenvalue weighted by molar-refractivity contribution is 9.10. The Bertz CT molecular complexity index is 1120. The molecule has 1 atom stereocenters. The molecule has 0 aliphatic heterocycles. The Morgan fingerprint density at radius 2 is 1.91 bits per heavy atom.